The Morgan fingerprint density at radius 2 is 1.33 bits per heavy atom. The van der Waals surface area contributed by atoms with E-state index < -0.39 is 0 Å². The molecule has 0 N–H and O–H groups in total. The normalized spacial score (nSPS) is 11.7. The van der Waals surface area contributed by atoms with Gasteiger partial charge in [0.25, 0.3) is 0 Å². The third-order valence-corrected chi connectivity index (χ3v) is 4.53. The van der Waals surface area contributed by atoms with E-state index in [1.165, 1.54) is 11.1 Å². The summed E-state index contributed by atoms with van der Waals surface area (Å²) in [6.45, 7) is 13.1. The summed E-state index contributed by atoms with van der Waals surface area (Å²) in [5.41, 5.74) is 3.56. The number of hydrogen-bond donors (Lipinski definition) is 0. The number of hydrogen-bond acceptors (Lipinski definition) is 2. The van der Waals surface area contributed by atoms with Crippen molar-refractivity contribution < 1.29 is 26.5 Å². The number of rotatable bonds is 7. The molecule has 2 rings (SSSR count). The Labute approximate surface area is 170 Å². The smallest absolute Gasteiger partial charge is 0.335 e. The minimum absolute atomic E-state index is 0. The van der Waals surface area contributed by atoms with Gasteiger partial charge in [-0.15, -0.1) is 0 Å². The first-order valence-corrected chi connectivity index (χ1v) is 9.40. The van der Waals surface area contributed by atoms with Crippen LogP contribution in [0.3, 0.4) is 0 Å². The molecule has 0 heterocycles. The van der Waals surface area contributed by atoms with E-state index >= 15 is 0 Å². The van der Waals surface area contributed by atoms with E-state index in [1.807, 2.05) is 18.5 Å². The van der Waals surface area contributed by atoms with Crippen LogP contribution in [0.1, 0.15) is 64.5 Å². The SMILES string of the molecule is COc1ccc([N+](=COc2c(C(C)C)cccc2C(C)C)C(C)C)cc1.[Cl-]. The van der Waals surface area contributed by atoms with E-state index in [4.69, 9.17) is 9.47 Å². The number of para-hydroxylation sites is 1. The van der Waals surface area contributed by atoms with E-state index in [2.05, 4.69) is 76.4 Å². The van der Waals surface area contributed by atoms with Crippen molar-refractivity contribution in [1.82, 2.24) is 0 Å². The minimum atomic E-state index is 0. The fourth-order valence-electron chi connectivity index (χ4n) is 2.96. The van der Waals surface area contributed by atoms with Crippen molar-refractivity contribution >= 4 is 12.1 Å². The summed E-state index contributed by atoms with van der Waals surface area (Å²) in [5.74, 6) is 2.65. The highest BCUT2D eigenvalue weighted by Crippen LogP contribution is 2.34. The summed E-state index contributed by atoms with van der Waals surface area (Å²) in [6.07, 6.45) is 1.85. The van der Waals surface area contributed by atoms with Crippen molar-refractivity contribution in [2.75, 3.05) is 7.11 Å². The van der Waals surface area contributed by atoms with Crippen molar-refractivity contribution in [3.63, 3.8) is 0 Å². The average Bonchev–Trinajstić information content (AvgIpc) is 2.61. The molecule has 0 saturated carbocycles. The van der Waals surface area contributed by atoms with E-state index in [0.717, 1.165) is 17.2 Å². The van der Waals surface area contributed by atoms with Crippen molar-refractivity contribution in [2.45, 2.75) is 59.4 Å². The Morgan fingerprint density at radius 3 is 1.74 bits per heavy atom. The van der Waals surface area contributed by atoms with E-state index in [9.17, 15) is 0 Å². The highest BCUT2D eigenvalue weighted by Gasteiger charge is 2.18. The quantitative estimate of drug-likeness (QED) is 0.412. The Hall–Kier alpha value is -2.00. The van der Waals surface area contributed by atoms with E-state index in [-0.39, 0.29) is 18.4 Å². The molecule has 0 bridgehead atoms. The molecule has 27 heavy (non-hydrogen) atoms. The first-order valence-electron chi connectivity index (χ1n) is 9.40. The molecule has 3 nitrogen and oxygen atoms in total. The van der Waals surface area contributed by atoms with Crippen LogP contribution in [0, 0.1) is 0 Å². The fraction of sp³-hybridized carbons (Fsp3) is 0.435. The van der Waals surface area contributed by atoms with Gasteiger partial charge >= 0.3 is 6.40 Å². The van der Waals surface area contributed by atoms with Gasteiger partial charge in [0.05, 0.1) is 7.11 Å². The van der Waals surface area contributed by atoms with Crippen molar-refractivity contribution in [3.05, 3.63) is 53.6 Å². The van der Waals surface area contributed by atoms with Crippen LogP contribution >= 0.6 is 0 Å². The van der Waals surface area contributed by atoms with Crippen molar-refractivity contribution in [3.8, 4) is 11.5 Å². The number of methoxy groups -OCH3 is 1. The second kappa shape index (κ2) is 10.4. The molecule has 0 unspecified atom stereocenters. The van der Waals surface area contributed by atoms with Crippen LogP contribution < -0.4 is 21.9 Å². The van der Waals surface area contributed by atoms with Gasteiger partial charge in [-0.1, -0.05) is 45.9 Å². The molecule has 2 aromatic rings. The number of ether oxygens (including phenoxy) is 2. The summed E-state index contributed by atoms with van der Waals surface area (Å²) in [6, 6.07) is 14.8. The van der Waals surface area contributed by atoms with Gasteiger partial charge in [0, 0.05) is 12.1 Å². The first-order chi connectivity index (χ1) is 12.3. The molecule has 148 valence electrons. The molecule has 0 atom stereocenters. The molecular weight excluding hydrogens is 358 g/mol. The van der Waals surface area contributed by atoms with Crippen LogP contribution in [0.5, 0.6) is 11.5 Å². The summed E-state index contributed by atoms with van der Waals surface area (Å²) in [7, 11) is 1.68. The van der Waals surface area contributed by atoms with Crippen LogP contribution in [0.2, 0.25) is 0 Å². The monoisotopic (exact) mass is 389 g/mol. The molecular formula is C23H32ClNO2. The minimum Gasteiger partial charge on any atom is -1.00 e. The second-order valence-electron chi connectivity index (χ2n) is 7.50. The Morgan fingerprint density at radius 1 is 0.815 bits per heavy atom. The largest absolute Gasteiger partial charge is 1.00 e. The zero-order valence-electron chi connectivity index (χ0n) is 17.5. The summed E-state index contributed by atoms with van der Waals surface area (Å²) < 4.78 is 13.7. The molecule has 2 aromatic carbocycles. The maximum atomic E-state index is 6.30. The second-order valence-corrected chi connectivity index (χ2v) is 7.50. The van der Waals surface area contributed by atoms with Gasteiger partial charge in [-0.05, 0) is 48.9 Å². The predicted octanol–water partition coefficient (Wildman–Crippen LogP) is 3.11. The predicted molar refractivity (Wildman–Crippen MR) is 109 cm³/mol. The summed E-state index contributed by atoms with van der Waals surface area (Å²) >= 11 is 0. The summed E-state index contributed by atoms with van der Waals surface area (Å²) in [5, 5.41) is 0. The molecule has 0 saturated heterocycles. The lowest BCUT2D eigenvalue weighted by molar-refractivity contribution is -0.477. The lowest BCUT2D eigenvalue weighted by atomic mass is 9.94. The molecule has 0 amide bonds. The molecule has 0 aliphatic carbocycles. The number of nitrogens with zero attached hydrogens (tertiary/aromatic N) is 1. The average molecular weight is 390 g/mol. The zero-order valence-corrected chi connectivity index (χ0v) is 18.2. The summed E-state index contributed by atoms with van der Waals surface area (Å²) in [4.78, 5) is 0. The van der Waals surface area contributed by atoms with Crippen molar-refractivity contribution in [2.24, 2.45) is 0 Å². The highest BCUT2D eigenvalue weighted by atomic mass is 35.5. The van der Waals surface area contributed by atoms with Gasteiger partial charge in [0.2, 0.25) is 5.69 Å². The number of halogens is 1. The molecule has 0 radical (unpaired) electrons. The lowest BCUT2D eigenvalue weighted by Gasteiger charge is -2.17. The Kier molecular flexibility index (Phi) is 8.84. The van der Waals surface area contributed by atoms with Crippen molar-refractivity contribution in [1.29, 1.82) is 0 Å². The third kappa shape index (κ3) is 5.74. The van der Waals surface area contributed by atoms with Gasteiger partial charge in [-0.25, -0.2) is 0 Å². The van der Waals surface area contributed by atoms with Gasteiger partial charge in [0.1, 0.15) is 11.5 Å². The lowest BCUT2D eigenvalue weighted by Crippen LogP contribution is -3.00. The van der Waals surface area contributed by atoms with Crippen LogP contribution in [-0.2, 0) is 0 Å². The highest BCUT2D eigenvalue weighted by molar-refractivity contribution is 5.55. The van der Waals surface area contributed by atoms with E-state index in [0.29, 0.717) is 11.8 Å². The first kappa shape index (κ1) is 23.0. The standard InChI is InChI=1S/C23H32NO2.ClH/c1-16(2)21-9-8-10-22(17(3)4)23(21)26-15-24(18(5)6)19-11-13-20(25-7)14-12-19;/h8-18H,1-7H3;1H/q+1;/p-1. The maximum absolute atomic E-state index is 6.30. The zero-order chi connectivity index (χ0) is 19.3. The van der Waals surface area contributed by atoms with Crippen LogP contribution in [0.4, 0.5) is 5.69 Å². The van der Waals surface area contributed by atoms with Crippen LogP contribution in [-0.4, -0.2) is 24.1 Å². The molecule has 4 heteroatoms. The fourth-order valence-corrected chi connectivity index (χ4v) is 2.96. The van der Waals surface area contributed by atoms with Crippen LogP contribution in [0.15, 0.2) is 42.5 Å². The third-order valence-electron chi connectivity index (χ3n) is 4.53. The Balaban J connectivity index is 0.00000364. The van der Waals surface area contributed by atoms with Gasteiger partial charge in [-0.2, -0.15) is 4.58 Å². The Bertz CT molecular complexity index is 723. The van der Waals surface area contributed by atoms with E-state index in [1.54, 1.807) is 7.11 Å². The topological polar surface area (TPSA) is 21.5 Å². The maximum Gasteiger partial charge on any atom is 0.335 e. The van der Waals surface area contributed by atoms with Crippen LogP contribution in [0.25, 0.3) is 0 Å². The molecule has 0 fully saturated rings. The molecule has 0 spiro atoms. The molecule has 0 aromatic heterocycles. The van der Waals surface area contributed by atoms with Gasteiger partial charge < -0.3 is 21.9 Å². The molecule has 0 aliphatic heterocycles. The van der Waals surface area contributed by atoms with Gasteiger partial charge in [0.15, 0.2) is 6.04 Å². The molecule has 0 aliphatic rings. The van der Waals surface area contributed by atoms with Gasteiger partial charge in [-0.3, -0.25) is 0 Å². The number of benzene rings is 2.